The highest BCUT2D eigenvalue weighted by Crippen LogP contribution is 2.51. The Morgan fingerprint density at radius 3 is 2.35 bits per heavy atom. The standard InChI is InChI=1S/C15H15F5O5S/c1-24-7-4-8(5-7)25-10-2-3-11(26(22,23)15(18,19)20)12-9(10)6-14(16,17)13(12)21/h2-3,7-8,13,21H,4-6H2,1H3/t7-,8+,13-/m0/s1. The predicted molar refractivity (Wildman–Crippen MR) is 77.7 cm³/mol. The smallest absolute Gasteiger partial charge is 0.490 e. The SMILES string of the molecule is CO[C@H]1C[C@@H](Oc2ccc(S(=O)(=O)C(F)(F)F)c3c2CC(F)(F)[C@H]3O)C1. The summed E-state index contributed by atoms with van der Waals surface area (Å²) in [6.45, 7) is 0. The molecule has 0 amide bonds. The molecule has 1 atom stereocenters. The van der Waals surface area contributed by atoms with Gasteiger partial charge in [0.2, 0.25) is 0 Å². The Labute approximate surface area is 145 Å². The average Bonchev–Trinajstić information content (AvgIpc) is 2.72. The number of halogens is 5. The van der Waals surface area contributed by atoms with E-state index in [-0.39, 0.29) is 18.0 Å². The zero-order valence-electron chi connectivity index (χ0n) is 13.4. The van der Waals surface area contributed by atoms with Crippen LogP contribution in [0.5, 0.6) is 5.75 Å². The summed E-state index contributed by atoms with van der Waals surface area (Å²) < 4.78 is 100. The van der Waals surface area contributed by atoms with Crippen LogP contribution in [0.15, 0.2) is 17.0 Å². The van der Waals surface area contributed by atoms with Crippen molar-refractivity contribution in [1.29, 1.82) is 0 Å². The lowest BCUT2D eigenvalue weighted by atomic mass is 9.92. The van der Waals surface area contributed by atoms with Gasteiger partial charge in [-0.15, -0.1) is 0 Å². The van der Waals surface area contributed by atoms with Gasteiger partial charge >= 0.3 is 5.51 Å². The Morgan fingerprint density at radius 1 is 1.19 bits per heavy atom. The zero-order chi connectivity index (χ0) is 19.5. The van der Waals surface area contributed by atoms with E-state index in [1.807, 2.05) is 0 Å². The van der Waals surface area contributed by atoms with Crippen LogP contribution in [-0.2, 0) is 21.0 Å². The van der Waals surface area contributed by atoms with E-state index in [4.69, 9.17) is 9.47 Å². The van der Waals surface area contributed by atoms with Crippen molar-refractivity contribution in [2.75, 3.05) is 7.11 Å². The number of benzene rings is 1. The Kier molecular flexibility index (Phi) is 4.48. The first-order valence-electron chi connectivity index (χ1n) is 7.61. The number of rotatable bonds is 4. The van der Waals surface area contributed by atoms with Crippen LogP contribution >= 0.6 is 0 Å². The minimum absolute atomic E-state index is 0.0649. The van der Waals surface area contributed by atoms with Gasteiger partial charge in [-0.3, -0.25) is 0 Å². The van der Waals surface area contributed by atoms with Gasteiger partial charge in [0.15, 0.2) is 0 Å². The van der Waals surface area contributed by atoms with Crippen molar-refractivity contribution >= 4 is 9.84 Å². The van der Waals surface area contributed by atoms with Crippen molar-refractivity contribution in [3.63, 3.8) is 0 Å². The number of sulfone groups is 1. The first-order chi connectivity index (χ1) is 11.9. The number of hydrogen-bond acceptors (Lipinski definition) is 5. The molecule has 0 spiro atoms. The van der Waals surface area contributed by atoms with Gasteiger partial charge < -0.3 is 14.6 Å². The van der Waals surface area contributed by atoms with E-state index in [0.717, 1.165) is 6.07 Å². The average molecular weight is 402 g/mol. The van der Waals surface area contributed by atoms with Crippen LogP contribution < -0.4 is 4.74 Å². The number of ether oxygens (including phenoxy) is 2. The highest BCUT2D eigenvalue weighted by molar-refractivity contribution is 7.92. The number of fused-ring (bicyclic) bond motifs is 1. The van der Waals surface area contributed by atoms with E-state index in [1.54, 1.807) is 0 Å². The van der Waals surface area contributed by atoms with Gasteiger partial charge in [0, 0.05) is 37.5 Å². The monoisotopic (exact) mass is 402 g/mol. The van der Waals surface area contributed by atoms with Crippen molar-refractivity contribution in [2.24, 2.45) is 0 Å². The predicted octanol–water partition coefficient (Wildman–Crippen LogP) is 2.76. The molecule has 2 aliphatic rings. The van der Waals surface area contributed by atoms with Crippen LogP contribution in [0.1, 0.15) is 30.1 Å². The maximum atomic E-state index is 13.9. The molecule has 0 heterocycles. The molecule has 0 aromatic heterocycles. The summed E-state index contributed by atoms with van der Waals surface area (Å²) in [5.41, 5.74) is -7.05. The summed E-state index contributed by atoms with van der Waals surface area (Å²) in [5, 5.41) is 9.77. The van der Waals surface area contributed by atoms with Gasteiger partial charge in [0.25, 0.3) is 15.8 Å². The fraction of sp³-hybridized carbons (Fsp3) is 0.600. The van der Waals surface area contributed by atoms with Crippen LogP contribution in [0.3, 0.4) is 0 Å². The van der Waals surface area contributed by atoms with Crippen LogP contribution in [-0.4, -0.2) is 44.3 Å². The van der Waals surface area contributed by atoms with E-state index in [9.17, 15) is 35.5 Å². The van der Waals surface area contributed by atoms with Gasteiger partial charge in [-0.1, -0.05) is 0 Å². The van der Waals surface area contributed by atoms with Crippen LogP contribution in [0.2, 0.25) is 0 Å². The fourth-order valence-corrected chi connectivity index (χ4v) is 4.12. The molecule has 5 nitrogen and oxygen atoms in total. The molecule has 1 aromatic carbocycles. The highest BCUT2D eigenvalue weighted by Gasteiger charge is 2.55. The van der Waals surface area contributed by atoms with Gasteiger partial charge in [-0.05, 0) is 12.1 Å². The number of hydrogen-bond donors (Lipinski definition) is 1. The minimum Gasteiger partial charge on any atom is -0.490 e. The molecule has 1 saturated carbocycles. The fourth-order valence-electron chi connectivity index (χ4n) is 3.10. The summed E-state index contributed by atoms with van der Waals surface area (Å²) >= 11 is 0. The van der Waals surface area contributed by atoms with E-state index in [2.05, 4.69) is 0 Å². The topological polar surface area (TPSA) is 72.8 Å². The molecule has 1 aromatic rings. The van der Waals surface area contributed by atoms with E-state index >= 15 is 0 Å². The molecule has 0 radical (unpaired) electrons. The number of aliphatic hydroxyl groups is 1. The first kappa shape index (κ1) is 19.3. The third kappa shape index (κ3) is 2.95. The van der Waals surface area contributed by atoms with Gasteiger partial charge in [-0.25, -0.2) is 17.2 Å². The Morgan fingerprint density at radius 2 is 1.81 bits per heavy atom. The summed E-state index contributed by atoms with van der Waals surface area (Å²) in [7, 11) is -4.41. The minimum atomic E-state index is -5.90. The molecule has 11 heteroatoms. The number of alkyl halides is 5. The normalized spacial score (nSPS) is 27.7. The molecule has 1 N–H and O–H groups in total. The number of aliphatic hydroxyl groups excluding tert-OH is 1. The second kappa shape index (κ2) is 6.03. The lowest BCUT2D eigenvalue weighted by Crippen LogP contribution is -2.39. The maximum Gasteiger partial charge on any atom is 0.501 e. The molecule has 146 valence electrons. The molecule has 26 heavy (non-hydrogen) atoms. The molecule has 3 rings (SSSR count). The largest absolute Gasteiger partial charge is 0.501 e. The molecule has 2 aliphatic carbocycles. The van der Waals surface area contributed by atoms with Crippen molar-refractivity contribution in [1.82, 2.24) is 0 Å². The van der Waals surface area contributed by atoms with Crippen LogP contribution in [0, 0.1) is 0 Å². The molecular weight excluding hydrogens is 387 g/mol. The second-order valence-corrected chi connectivity index (χ2v) is 8.22. The quantitative estimate of drug-likeness (QED) is 0.785. The zero-order valence-corrected chi connectivity index (χ0v) is 14.2. The van der Waals surface area contributed by atoms with Crippen molar-refractivity contribution < 1.29 is 45.0 Å². The third-order valence-electron chi connectivity index (χ3n) is 4.63. The van der Waals surface area contributed by atoms with Crippen LogP contribution in [0.25, 0.3) is 0 Å². The van der Waals surface area contributed by atoms with Crippen molar-refractivity contribution in [2.45, 2.75) is 53.9 Å². The molecule has 0 aliphatic heterocycles. The van der Waals surface area contributed by atoms with Crippen molar-refractivity contribution in [3.05, 3.63) is 23.3 Å². The van der Waals surface area contributed by atoms with Gasteiger partial charge in [0.05, 0.1) is 11.0 Å². The lowest BCUT2D eigenvalue weighted by Gasteiger charge is -2.34. The Bertz CT molecular complexity index is 814. The number of methoxy groups -OCH3 is 1. The Balaban J connectivity index is 2.05. The highest BCUT2D eigenvalue weighted by atomic mass is 32.2. The molecule has 1 fully saturated rings. The molecule has 0 saturated heterocycles. The second-order valence-electron chi connectivity index (χ2n) is 6.31. The molecule has 0 unspecified atom stereocenters. The molecule has 0 bridgehead atoms. The maximum absolute atomic E-state index is 13.9. The van der Waals surface area contributed by atoms with E-state index in [1.165, 1.54) is 7.11 Å². The first-order valence-corrected chi connectivity index (χ1v) is 9.09. The van der Waals surface area contributed by atoms with Crippen molar-refractivity contribution in [3.8, 4) is 5.75 Å². The van der Waals surface area contributed by atoms with Crippen LogP contribution in [0.4, 0.5) is 22.0 Å². The third-order valence-corrected chi connectivity index (χ3v) is 6.18. The van der Waals surface area contributed by atoms with Gasteiger partial charge in [-0.2, -0.15) is 13.2 Å². The summed E-state index contributed by atoms with van der Waals surface area (Å²) in [6.07, 6.45) is -3.30. The Hall–Kier alpha value is -1.46. The van der Waals surface area contributed by atoms with E-state index in [0.29, 0.717) is 18.9 Å². The lowest BCUT2D eigenvalue weighted by molar-refractivity contribution is -0.0979. The summed E-state index contributed by atoms with van der Waals surface area (Å²) in [5.74, 6) is -3.95. The summed E-state index contributed by atoms with van der Waals surface area (Å²) in [6, 6.07) is 1.47. The van der Waals surface area contributed by atoms with Gasteiger partial charge in [0.1, 0.15) is 18.0 Å². The molecular formula is C15H15F5O5S. The van der Waals surface area contributed by atoms with E-state index < -0.39 is 49.8 Å². The summed E-state index contributed by atoms with van der Waals surface area (Å²) in [4.78, 5) is -1.37.